The smallest absolute Gasteiger partial charge is 0.343 e. The molecule has 0 amide bonds. The van der Waals surface area contributed by atoms with Gasteiger partial charge in [0.25, 0.3) is 0 Å². The molecule has 1 aliphatic carbocycles. The number of aryl methyl sites for hydroxylation is 2. The van der Waals surface area contributed by atoms with Gasteiger partial charge in [0.15, 0.2) is 0 Å². The van der Waals surface area contributed by atoms with Crippen LogP contribution in [0.5, 0.6) is 0 Å². The van der Waals surface area contributed by atoms with Gasteiger partial charge in [0.05, 0.1) is 5.57 Å². The van der Waals surface area contributed by atoms with E-state index in [0.29, 0.717) is 11.3 Å². The van der Waals surface area contributed by atoms with E-state index in [1.54, 1.807) is 6.08 Å². The lowest BCUT2D eigenvalue weighted by Crippen LogP contribution is -2.03. The molecule has 0 spiro atoms. The highest BCUT2D eigenvalue weighted by Gasteiger charge is 2.22. The summed E-state index contributed by atoms with van der Waals surface area (Å²) in [5.74, 6) is 0.364. The average Bonchev–Trinajstić information content (AvgIpc) is 3.03. The highest BCUT2D eigenvalue weighted by atomic mass is 16.5. The van der Waals surface area contributed by atoms with Crippen LogP contribution in [0.15, 0.2) is 72.3 Å². The molecule has 0 N–H and O–H groups in total. The summed E-state index contributed by atoms with van der Waals surface area (Å²) in [4.78, 5) is 12.1. The zero-order chi connectivity index (χ0) is 17.1. The molecule has 0 saturated carbocycles. The van der Waals surface area contributed by atoms with Gasteiger partial charge in [-0.15, -0.1) is 0 Å². The fraction of sp³-hybridized carbons (Fsp3) is 0.174. The fourth-order valence-electron chi connectivity index (χ4n) is 3.36. The number of cyclic esters (lactones) is 1. The van der Waals surface area contributed by atoms with E-state index in [9.17, 15) is 4.79 Å². The van der Waals surface area contributed by atoms with Crippen molar-refractivity contribution < 1.29 is 9.53 Å². The minimum Gasteiger partial charge on any atom is -0.422 e. The number of benzene rings is 2. The van der Waals surface area contributed by atoms with Crippen molar-refractivity contribution in [2.45, 2.75) is 25.7 Å². The van der Waals surface area contributed by atoms with Crippen LogP contribution in [-0.2, 0) is 22.4 Å². The van der Waals surface area contributed by atoms with Gasteiger partial charge in [0, 0.05) is 5.56 Å². The molecule has 0 atom stereocenters. The van der Waals surface area contributed by atoms with Gasteiger partial charge in [0.1, 0.15) is 5.76 Å². The number of allylic oxidation sites excluding steroid dienone is 2. The molecule has 1 heterocycles. The van der Waals surface area contributed by atoms with Crippen LogP contribution in [0.25, 0.3) is 11.8 Å². The maximum Gasteiger partial charge on any atom is 0.343 e. The van der Waals surface area contributed by atoms with Crippen molar-refractivity contribution in [3.8, 4) is 0 Å². The molecule has 0 aromatic heterocycles. The van der Waals surface area contributed by atoms with Crippen molar-refractivity contribution in [1.29, 1.82) is 0 Å². The van der Waals surface area contributed by atoms with Crippen LogP contribution in [-0.4, -0.2) is 5.97 Å². The van der Waals surface area contributed by atoms with Crippen LogP contribution >= 0.6 is 0 Å². The summed E-state index contributed by atoms with van der Waals surface area (Å²) in [6, 6.07) is 16.4. The van der Waals surface area contributed by atoms with Gasteiger partial charge in [-0.2, -0.15) is 0 Å². The third-order valence-corrected chi connectivity index (χ3v) is 4.72. The van der Waals surface area contributed by atoms with Crippen LogP contribution in [0, 0.1) is 0 Å². The minimum atomic E-state index is -0.287. The molecule has 2 aliphatic rings. The monoisotopic (exact) mass is 328 g/mol. The number of hydrogen-bond acceptors (Lipinski definition) is 2. The molecule has 0 fully saturated rings. The molecule has 2 heteroatoms. The summed E-state index contributed by atoms with van der Waals surface area (Å²) in [6.45, 7) is 0. The lowest BCUT2D eigenvalue weighted by atomic mass is 9.90. The largest absolute Gasteiger partial charge is 0.422 e. The van der Waals surface area contributed by atoms with E-state index in [1.165, 1.54) is 24.0 Å². The molecule has 2 aromatic rings. The summed E-state index contributed by atoms with van der Waals surface area (Å²) in [5, 5.41) is 0. The van der Waals surface area contributed by atoms with Gasteiger partial charge in [0.2, 0.25) is 0 Å². The van der Waals surface area contributed by atoms with Gasteiger partial charge >= 0.3 is 5.97 Å². The van der Waals surface area contributed by atoms with Crippen molar-refractivity contribution in [3.63, 3.8) is 0 Å². The maximum atomic E-state index is 12.1. The molecule has 0 saturated heterocycles. The highest BCUT2D eigenvalue weighted by Crippen LogP contribution is 2.30. The lowest BCUT2D eigenvalue weighted by Gasteiger charge is -2.16. The standard InChI is InChI=1S/C23H20O2/c24-23-21(12-6-9-17-7-2-1-3-8-17)16-22(25-23)20-14-13-18-10-4-5-11-19(18)15-20/h1-3,6-9,12-16H,4-5,10-11H2/b9-6-,21-12-. The van der Waals surface area contributed by atoms with Crippen molar-refractivity contribution in [2.24, 2.45) is 0 Å². The maximum absolute atomic E-state index is 12.1. The first-order chi connectivity index (χ1) is 12.3. The van der Waals surface area contributed by atoms with Gasteiger partial charge in [-0.25, -0.2) is 4.79 Å². The Morgan fingerprint density at radius 1 is 0.920 bits per heavy atom. The van der Waals surface area contributed by atoms with Crippen LogP contribution in [0.3, 0.4) is 0 Å². The predicted molar refractivity (Wildman–Crippen MR) is 101 cm³/mol. The van der Waals surface area contributed by atoms with Crippen LogP contribution in [0.1, 0.15) is 35.1 Å². The topological polar surface area (TPSA) is 26.3 Å². The molecular formula is C23H20O2. The number of esters is 1. The van der Waals surface area contributed by atoms with E-state index in [-0.39, 0.29) is 5.97 Å². The van der Waals surface area contributed by atoms with E-state index in [4.69, 9.17) is 4.74 Å². The third kappa shape index (κ3) is 3.48. The summed E-state index contributed by atoms with van der Waals surface area (Å²) < 4.78 is 5.47. The van der Waals surface area contributed by atoms with Crippen molar-refractivity contribution in [3.05, 3.63) is 94.6 Å². The SMILES string of the molecule is O=C1OC(c2ccc3c(c2)CCCC3)=C/C1=C/C=C\c1ccccc1. The molecule has 0 radical (unpaired) electrons. The number of ether oxygens (including phenoxy) is 1. The second-order valence-corrected chi connectivity index (χ2v) is 6.48. The molecule has 2 nitrogen and oxygen atoms in total. The Labute approximate surface area is 148 Å². The lowest BCUT2D eigenvalue weighted by molar-refractivity contribution is -0.130. The predicted octanol–water partition coefficient (Wildman–Crippen LogP) is 5.10. The first-order valence-electron chi connectivity index (χ1n) is 8.79. The van der Waals surface area contributed by atoms with Crippen LogP contribution in [0.2, 0.25) is 0 Å². The second kappa shape index (κ2) is 6.94. The van der Waals surface area contributed by atoms with E-state index in [1.807, 2.05) is 48.6 Å². The van der Waals surface area contributed by atoms with E-state index < -0.39 is 0 Å². The molecule has 1 aliphatic heterocycles. The van der Waals surface area contributed by atoms with Gasteiger partial charge in [-0.3, -0.25) is 0 Å². The Kier molecular flexibility index (Phi) is 4.34. The summed E-state index contributed by atoms with van der Waals surface area (Å²) >= 11 is 0. The van der Waals surface area contributed by atoms with Crippen molar-refractivity contribution >= 4 is 17.8 Å². The Balaban J connectivity index is 1.56. The number of hydrogen-bond donors (Lipinski definition) is 0. The normalized spacial score (nSPS) is 18.3. The van der Waals surface area contributed by atoms with Gasteiger partial charge in [-0.1, -0.05) is 54.6 Å². The first kappa shape index (κ1) is 15.6. The molecule has 0 unspecified atom stereocenters. The second-order valence-electron chi connectivity index (χ2n) is 6.48. The first-order valence-corrected chi connectivity index (χ1v) is 8.79. The van der Waals surface area contributed by atoms with Crippen LogP contribution in [0.4, 0.5) is 0 Å². The Morgan fingerprint density at radius 2 is 1.72 bits per heavy atom. The minimum absolute atomic E-state index is 0.287. The number of carbonyl (C=O) groups excluding carboxylic acids is 1. The molecule has 25 heavy (non-hydrogen) atoms. The Bertz CT molecular complexity index is 886. The fourth-order valence-corrected chi connectivity index (χ4v) is 3.36. The zero-order valence-corrected chi connectivity index (χ0v) is 14.1. The highest BCUT2D eigenvalue weighted by molar-refractivity contribution is 6.01. The van der Waals surface area contributed by atoms with Crippen molar-refractivity contribution in [1.82, 2.24) is 0 Å². The zero-order valence-electron chi connectivity index (χ0n) is 14.1. The summed E-state index contributed by atoms with van der Waals surface area (Å²) in [6.07, 6.45) is 12.3. The van der Waals surface area contributed by atoms with E-state index >= 15 is 0 Å². The molecule has 2 aromatic carbocycles. The molecule has 0 bridgehead atoms. The van der Waals surface area contributed by atoms with E-state index in [2.05, 4.69) is 18.2 Å². The number of carbonyl (C=O) groups is 1. The summed E-state index contributed by atoms with van der Waals surface area (Å²) in [5.41, 5.74) is 5.50. The molecular weight excluding hydrogens is 308 g/mol. The Morgan fingerprint density at radius 3 is 2.56 bits per heavy atom. The molecule has 4 rings (SSSR count). The van der Waals surface area contributed by atoms with Gasteiger partial charge < -0.3 is 4.74 Å². The van der Waals surface area contributed by atoms with Crippen LogP contribution < -0.4 is 0 Å². The number of rotatable bonds is 3. The quantitative estimate of drug-likeness (QED) is 0.578. The third-order valence-electron chi connectivity index (χ3n) is 4.72. The summed E-state index contributed by atoms with van der Waals surface area (Å²) in [7, 11) is 0. The number of fused-ring (bicyclic) bond motifs is 1. The average molecular weight is 328 g/mol. The van der Waals surface area contributed by atoms with Gasteiger partial charge in [-0.05, 0) is 60.6 Å². The Hall–Kier alpha value is -2.87. The van der Waals surface area contributed by atoms with Crippen molar-refractivity contribution in [2.75, 3.05) is 0 Å². The van der Waals surface area contributed by atoms with E-state index in [0.717, 1.165) is 24.0 Å². The molecule has 124 valence electrons.